The molecule has 0 aliphatic rings. The number of carbonyl (C=O) groups is 1. The van der Waals surface area contributed by atoms with E-state index in [-0.39, 0.29) is 15.2 Å². The third-order valence-corrected chi connectivity index (χ3v) is 1.70. The van der Waals surface area contributed by atoms with Gasteiger partial charge in [-0.3, -0.25) is 4.79 Å². The average molecular weight is 264 g/mol. The van der Waals surface area contributed by atoms with Crippen LogP contribution in [0.1, 0.15) is 16.2 Å². The van der Waals surface area contributed by atoms with Crippen LogP contribution in [0.15, 0.2) is 6.33 Å². The minimum Gasteiger partial charge on any atom is -0.504 e. The van der Waals surface area contributed by atoms with Gasteiger partial charge in [-0.1, -0.05) is 0 Å². The standard InChI is InChI=1S/C6H5IN2O2/c1-3-5(10)4(6(7)11)9-2-8-3/h2,10H,1H3. The molecule has 1 N–H and O–H groups in total. The van der Waals surface area contributed by atoms with Gasteiger partial charge in [-0.25, -0.2) is 9.97 Å². The van der Waals surface area contributed by atoms with Crippen LogP contribution in [-0.4, -0.2) is 18.9 Å². The molecule has 0 saturated carbocycles. The van der Waals surface area contributed by atoms with E-state index in [0.717, 1.165) is 0 Å². The van der Waals surface area contributed by atoms with E-state index in [9.17, 15) is 9.90 Å². The summed E-state index contributed by atoms with van der Waals surface area (Å²) in [6, 6.07) is 0. The Bertz CT molecular complexity index is 301. The fourth-order valence-corrected chi connectivity index (χ4v) is 1.01. The Morgan fingerprint density at radius 3 is 2.73 bits per heavy atom. The molecule has 0 aliphatic carbocycles. The summed E-state index contributed by atoms with van der Waals surface area (Å²) in [6.07, 6.45) is 1.25. The van der Waals surface area contributed by atoms with E-state index in [1.54, 1.807) is 29.5 Å². The smallest absolute Gasteiger partial charge is 0.244 e. The zero-order valence-electron chi connectivity index (χ0n) is 5.71. The highest BCUT2D eigenvalue weighted by Gasteiger charge is 2.11. The van der Waals surface area contributed by atoms with Crippen LogP contribution in [0.3, 0.4) is 0 Å². The lowest BCUT2D eigenvalue weighted by Crippen LogP contribution is -1.96. The summed E-state index contributed by atoms with van der Waals surface area (Å²) < 4.78 is -0.286. The molecular formula is C6H5IN2O2. The number of halogens is 1. The molecular weight excluding hydrogens is 259 g/mol. The van der Waals surface area contributed by atoms with Crippen LogP contribution in [0.25, 0.3) is 0 Å². The number of nitrogens with zero attached hydrogens (tertiary/aromatic N) is 2. The van der Waals surface area contributed by atoms with Crippen molar-refractivity contribution < 1.29 is 9.90 Å². The summed E-state index contributed by atoms with van der Waals surface area (Å²) in [6.45, 7) is 1.61. The summed E-state index contributed by atoms with van der Waals surface area (Å²) in [5.41, 5.74) is 0.484. The van der Waals surface area contributed by atoms with Crippen molar-refractivity contribution in [3.05, 3.63) is 17.7 Å². The molecule has 4 nitrogen and oxygen atoms in total. The number of aromatic nitrogens is 2. The number of aryl methyl sites for hydroxylation is 1. The Labute approximate surface area is 76.8 Å². The maximum absolute atomic E-state index is 10.8. The minimum atomic E-state index is -0.286. The van der Waals surface area contributed by atoms with Crippen molar-refractivity contribution in [2.75, 3.05) is 0 Å². The van der Waals surface area contributed by atoms with Crippen LogP contribution >= 0.6 is 22.6 Å². The molecule has 58 valence electrons. The largest absolute Gasteiger partial charge is 0.504 e. The van der Waals surface area contributed by atoms with Crippen LogP contribution in [-0.2, 0) is 0 Å². The summed E-state index contributed by atoms with van der Waals surface area (Å²) in [4.78, 5) is 18.1. The summed E-state index contributed by atoms with van der Waals surface area (Å²) in [5.74, 6) is -0.132. The highest BCUT2D eigenvalue weighted by molar-refractivity contribution is 14.1. The lowest BCUT2D eigenvalue weighted by atomic mass is 10.3. The SMILES string of the molecule is Cc1ncnc(C(=O)I)c1O. The Morgan fingerprint density at radius 2 is 2.27 bits per heavy atom. The van der Waals surface area contributed by atoms with Gasteiger partial charge in [0.25, 0.3) is 0 Å². The van der Waals surface area contributed by atoms with E-state index in [1.165, 1.54) is 6.33 Å². The number of hydrogen-bond donors (Lipinski definition) is 1. The molecule has 0 spiro atoms. The monoisotopic (exact) mass is 264 g/mol. The van der Waals surface area contributed by atoms with Gasteiger partial charge in [0.2, 0.25) is 3.79 Å². The van der Waals surface area contributed by atoms with E-state index < -0.39 is 0 Å². The van der Waals surface area contributed by atoms with Crippen molar-refractivity contribution in [1.82, 2.24) is 9.97 Å². The topological polar surface area (TPSA) is 63.1 Å². The number of rotatable bonds is 1. The van der Waals surface area contributed by atoms with Crippen molar-refractivity contribution in [3.8, 4) is 5.75 Å². The van der Waals surface area contributed by atoms with Gasteiger partial charge in [-0.05, 0) is 6.92 Å². The first-order valence-electron chi connectivity index (χ1n) is 2.83. The normalized spacial score (nSPS) is 9.64. The second kappa shape index (κ2) is 3.12. The quantitative estimate of drug-likeness (QED) is 0.608. The lowest BCUT2D eigenvalue weighted by Gasteiger charge is -1.98. The molecule has 1 rings (SSSR count). The van der Waals surface area contributed by atoms with E-state index in [2.05, 4.69) is 9.97 Å². The second-order valence-electron chi connectivity index (χ2n) is 1.93. The zero-order valence-corrected chi connectivity index (χ0v) is 7.86. The Morgan fingerprint density at radius 1 is 1.64 bits per heavy atom. The molecule has 1 aromatic heterocycles. The minimum absolute atomic E-state index is 0.0677. The molecule has 0 saturated heterocycles. The molecule has 0 amide bonds. The molecule has 0 radical (unpaired) electrons. The van der Waals surface area contributed by atoms with Gasteiger partial charge < -0.3 is 5.11 Å². The van der Waals surface area contributed by atoms with E-state index in [1.807, 2.05) is 0 Å². The Kier molecular flexibility index (Phi) is 2.38. The highest BCUT2D eigenvalue weighted by Crippen LogP contribution is 2.18. The fraction of sp³-hybridized carbons (Fsp3) is 0.167. The third-order valence-electron chi connectivity index (χ3n) is 1.19. The van der Waals surface area contributed by atoms with E-state index >= 15 is 0 Å². The molecule has 0 unspecified atom stereocenters. The van der Waals surface area contributed by atoms with Crippen LogP contribution in [0.2, 0.25) is 0 Å². The fourth-order valence-electron chi connectivity index (χ4n) is 0.611. The molecule has 11 heavy (non-hydrogen) atoms. The lowest BCUT2D eigenvalue weighted by molar-refractivity contribution is 0.109. The van der Waals surface area contributed by atoms with E-state index in [4.69, 9.17) is 0 Å². The van der Waals surface area contributed by atoms with Gasteiger partial charge in [0, 0.05) is 22.6 Å². The first-order valence-corrected chi connectivity index (χ1v) is 3.91. The molecule has 5 heteroatoms. The summed E-state index contributed by atoms with van der Waals surface area (Å²) in [7, 11) is 0. The van der Waals surface area contributed by atoms with Crippen LogP contribution in [0, 0.1) is 6.92 Å². The van der Waals surface area contributed by atoms with Crippen molar-refractivity contribution in [2.45, 2.75) is 6.92 Å². The van der Waals surface area contributed by atoms with Crippen LogP contribution < -0.4 is 0 Å². The van der Waals surface area contributed by atoms with E-state index in [0.29, 0.717) is 5.69 Å². The number of aromatic hydroxyl groups is 1. The maximum atomic E-state index is 10.8. The third kappa shape index (κ3) is 1.65. The molecule has 0 aliphatic heterocycles. The predicted molar refractivity (Wildman–Crippen MR) is 46.8 cm³/mol. The Hall–Kier alpha value is -0.720. The average Bonchev–Trinajstić information content (AvgIpc) is 1.94. The molecule has 0 aromatic carbocycles. The second-order valence-corrected chi connectivity index (χ2v) is 2.91. The zero-order chi connectivity index (χ0) is 8.43. The molecule has 1 heterocycles. The van der Waals surface area contributed by atoms with Crippen molar-refractivity contribution in [1.29, 1.82) is 0 Å². The predicted octanol–water partition coefficient (Wildman–Crippen LogP) is 1.07. The molecule has 1 aromatic rings. The van der Waals surface area contributed by atoms with Crippen molar-refractivity contribution >= 4 is 26.4 Å². The van der Waals surface area contributed by atoms with Crippen LogP contribution in [0.5, 0.6) is 5.75 Å². The number of carbonyl (C=O) groups excluding carboxylic acids is 1. The van der Waals surface area contributed by atoms with Crippen LogP contribution in [0.4, 0.5) is 0 Å². The first-order chi connectivity index (χ1) is 5.13. The summed E-state index contributed by atoms with van der Waals surface area (Å²) in [5, 5.41) is 9.22. The number of hydrogen-bond acceptors (Lipinski definition) is 4. The van der Waals surface area contributed by atoms with Gasteiger partial charge in [0.05, 0.1) is 5.69 Å². The van der Waals surface area contributed by atoms with Gasteiger partial charge in [0.1, 0.15) is 6.33 Å². The van der Waals surface area contributed by atoms with Gasteiger partial charge in [-0.2, -0.15) is 0 Å². The maximum Gasteiger partial charge on any atom is 0.244 e. The van der Waals surface area contributed by atoms with Gasteiger partial charge in [0.15, 0.2) is 11.4 Å². The Balaban J connectivity index is 3.27. The van der Waals surface area contributed by atoms with Gasteiger partial charge >= 0.3 is 0 Å². The first kappa shape index (κ1) is 8.38. The highest BCUT2D eigenvalue weighted by atomic mass is 127. The molecule has 0 atom stereocenters. The molecule has 0 fully saturated rings. The summed E-state index contributed by atoms with van der Waals surface area (Å²) >= 11 is 1.56. The van der Waals surface area contributed by atoms with Gasteiger partial charge in [-0.15, -0.1) is 0 Å². The molecule has 0 bridgehead atoms. The van der Waals surface area contributed by atoms with Crippen molar-refractivity contribution in [3.63, 3.8) is 0 Å². The van der Waals surface area contributed by atoms with Crippen molar-refractivity contribution in [2.24, 2.45) is 0 Å².